The van der Waals surface area contributed by atoms with E-state index in [1.165, 1.54) is 19.3 Å². The molecular weight excluding hydrogens is 436 g/mol. The molecule has 0 atom stereocenters. The van der Waals surface area contributed by atoms with E-state index < -0.39 is 0 Å². The lowest BCUT2D eigenvalue weighted by Gasteiger charge is -2.28. The highest BCUT2D eigenvalue weighted by atomic mass is 32.2. The first-order chi connectivity index (χ1) is 16.0. The molecule has 0 saturated carbocycles. The summed E-state index contributed by atoms with van der Waals surface area (Å²) in [6.45, 7) is 9.27. The Labute approximate surface area is 199 Å². The van der Waals surface area contributed by atoms with Gasteiger partial charge in [0.1, 0.15) is 11.6 Å². The number of fused-ring (bicyclic) bond motifs is 1. The predicted molar refractivity (Wildman–Crippen MR) is 132 cm³/mol. The normalized spacial score (nSPS) is 14.1. The number of aryl methyl sites for hydroxylation is 1. The molecule has 0 bridgehead atoms. The van der Waals surface area contributed by atoms with E-state index in [0.717, 1.165) is 40.7 Å². The van der Waals surface area contributed by atoms with Gasteiger partial charge in [-0.2, -0.15) is 5.10 Å². The number of aromatic nitrogens is 4. The number of benzene rings is 1. The van der Waals surface area contributed by atoms with Gasteiger partial charge in [-0.25, -0.2) is 14.6 Å². The maximum Gasteiger partial charge on any atom is 0.258 e. The zero-order valence-corrected chi connectivity index (χ0v) is 20.4. The van der Waals surface area contributed by atoms with Crippen LogP contribution in [0, 0.1) is 6.92 Å². The second-order valence-corrected chi connectivity index (χ2v) is 10.1. The van der Waals surface area contributed by atoms with Crippen LogP contribution in [0.15, 0.2) is 35.6 Å². The first kappa shape index (κ1) is 23.4. The van der Waals surface area contributed by atoms with Crippen molar-refractivity contribution < 1.29 is 9.53 Å². The highest BCUT2D eigenvalue weighted by molar-refractivity contribution is 7.99. The number of nitrogens with one attached hydrogen (secondary N) is 1. The third kappa shape index (κ3) is 6.16. The summed E-state index contributed by atoms with van der Waals surface area (Å²) in [5.74, 6) is 1.51. The smallest absolute Gasteiger partial charge is 0.258 e. The molecule has 0 aliphatic carbocycles. The number of anilines is 1. The van der Waals surface area contributed by atoms with E-state index in [0.29, 0.717) is 24.1 Å². The van der Waals surface area contributed by atoms with Crippen molar-refractivity contribution in [3.05, 3.63) is 36.0 Å². The molecule has 1 fully saturated rings. The van der Waals surface area contributed by atoms with Gasteiger partial charge in [0.05, 0.1) is 18.1 Å². The fraction of sp³-hybridized carbons (Fsp3) is 0.500. The van der Waals surface area contributed by atoms with E-state index in [-0.39, 0.29) is 12.5 Å². The Bertz CT molecular complexity index is 1090. The molecular formula is C24H32N6O2S. The lowest BCUT2D eigenvalue weighted by atomic mass is 10.1. The Morgan fingerprint density at radius 1 is 1.21 bits per heavy atom. The molecule has 9 heteroatoms. The van der Waals surface area contributed by atoms with Crippen LogP contribution in [-0.4, -0.2) is 57.1 Å². The van der Waals surface area contributed by atoms with Gasteiger partial charge < -0.3 is 15.0 Å². The minimum atomic E-state index is -0.160. The van der Waals surface area contributed by atoms with Crippen molar-refractivity contribution in [2.45, 2.75) is 57.0 Å². The second kappa shape index (κ2) is 10.9. The van der Waals surface area contributed by atoms with Crippen LogP contribution in [0.25, 0.3) is 11.0 Å². The number of carbonyl (C=O) groups is 1. The van der Waals surface area contributed by atoms with Gasteiger partial charge in [-0.1, -0.05) is 37.7 Å². The summed E-state index contributed by atoms with van der Waals surface area (Å²) in [7, 11) is 0. The molecule has 2 aromatic heterocycles. The maximum atomic E-state index is 12.2. The standard InChI is InChI=1S/C24H32N6O2S/c1-17(2)33-24-27-22(29-11-5-4-6-12-29)20-15-26-30(23(20)28-24)13-10-25-21(31)16-32-19-9-7-8-18(3)14-19/h7-9,14-15,17H,4-6,10-13,16H2,1-3H3,(H,25,31). The van der Waals surface area contributed by atoms with Crippen molar-refractivity contribution in [1.29, 1.82) is 0 Å². The van der Waals surface area contributed by atoms with Crippen LogP contribution >= 0.6 is 11.8 Å². The highest BCUT2D eigenvalue weighted by Gasteiger charge is 2.20. The molecule has 33 heavy (non-hydrogen) atoms. The molecule has 0 radical (unpaired) electrons. The van der Waals surface area contributed by atoms with Crippen LogP contribution in [0.3, 0.4) is 0 Å². The summed E-state index contributed by atoms with van der Waals surface area (Å²) >= 11 is 1.66. The van der Waals surface area contributed by atoms with Crippen LogP contribution in [0.4, 0.5) is 5.82 Å². The number of amides is 1. The Balaban J connectivity index is 1.42. The summed E-state index contributed by atoms with van der Waals surface area (Å²) in [5, 5.41) is 9.61. The van der Waals surface area contributed by atoms with Gasteiger partial charge in [0.2, 0.25) is 0 Å². The highest BCUT2D eigenvalue weighted by Crippen LogP contribution is 2.30. The fourth-order valence-corrected chi connectivity index (χ4v) is 4.60. The minimum absolute atomic E-state index is 0.0141. The van der Waals surface area contributed by atoms with Gasteiger partial charge in [-0.05, 0) is 43.9 Å². The van der Waals surface area contributed by atoms with Gasteiger partial charge >= 0.3 is 0 Å². The van der Waals surface area contributed by atoms with E-state index in [2.05, 4.69) is 29.2 Å². The second-order valence-electron chi connectivity index (χ2n) is 8.60. The molecule has 0 spiro atoms. The number of thioether (sulfide) groups is 1. The number of hydrogen-bond acceptors (Lipinski definition) is 7. The summed E-state index contributed by atoms with van der Waals surface area (Å²) in [6, 6.07) is 7.67. The van der Waals surface area contributed by atoms with E-state index in [4.69, 9.17) is 14.7 Å². The quantitative estimate of drug-likeness (QED) is 0.377. The number of rotatable bonds is 9. The van der Waals surface area contributed by atoms with Crippen molar-refractivity contribution in [2.75, 3.05) is 31.1 Å². The topological polar surface area (TPSA) is 85.2 Å². The van der Waals surface area contributed by atoms with Gasteiger partial charge in [-0.15, -0.1) is 0 Å². The molecule has 1 saturated heterocycles. The zero-order chi connectivity index (χ0) is 23.2. The van der Waals surface area contributed by atoms with Gasteiger partial charge in [0.25, 0.3) is 5.91 Å². The van der Waals surface area contributed by atoms with Crippen molar-refractivity contribution in [3.63, 3.8) is 0 Å². The molecule has 3 heterocycles. The van der Waals surface area contributed by atoms with Crippen molar-refractivity contribution in [3.8, 4) is 5.75 Å². The average molecular weight is 469 g/mol. The Kier molecular flexibility index (Phi) is 7.69. The van der Waals surface area contributed by atoms with Gasteiger partial charge in [0.15, 0.2) is 17.4 Å². The van der Waals surface area contributed by atoms with Crippen molar-refractivity contribution in [2.24, 2.45) is 0 Å². The summed E-state index contributed by atoms with van der Waals surface area (Å²) in [6.07, 6.45) is 5.49. The molecule has 3 aromatic rings. The largest absolute Gasteiger partial charge is 0.484 e. The van der Waals surface area contributed by atoms with Crippen LogP contribution in [0.5, 0.6) is 5.75 Å². The molecule has 4 rings (SSSR count). The van der Waals surface area contributed by atoms with Crippen LogP contribution in [0.1, 0.15) is 38.7 Å². The van der Waals surface area contributed by atoms with E-state index >= 15 is 0 Å². The molecule has 8 nitrogen and oxygen atoms in total. The molecule has 0 unspecified atom stereocenters. The van der Waals surface area contributed by atoms with Crippen LogP contribution < -0.4 is 15.0 Å². The number of ether oxygens (including phenoxy) is 1. The monoisotopic (exact) mass is 468 g/mol. The third-order valence-corrected chi connectivity index (χ3v) is 6.32. The van der Waals surface area contributed by atoms with E-state index in [1.54, 1.807) is 11.8 Å². The first-order valence-electron chi connectivity index (χ1n) is 11.6. The third-order valence-electron chi connectivity index (χ3n) is 5.46. The lowest BCUT2D eigenvalue weighted by Crippen LogP contribution is -2.32. The summed E-state index contributed by atoms with van der Waals surface area (Å²) in [4.78, 5) is 24.3. The Hall–Kier alpha value is -2.81. The molecule has 1 N–H and O–H groups in total. The molecule has 176 valence electrons. The lowest BCUT2D eigenvalue weighted by molar-refractivity contribution is -0.123. The van der Waals surface area contributed by atoms with Gasteiger partial charge in [-0.3, -0.25) is 4.79 Å². The van der Waals surface area contributed by atoms with E-state index in [9.17, 15) is 4.79 Å². The molecule has 1 aromatic carbocycles. The van der Waals surface area contributed by atoms with Crippen molar-refractivity contribution in [1.82, 2.24) is 25.1 Å². The fourth-order valence-electron chi connectivity index (χ4n) is 3.90. The van der Waals surface area contributed by atoms with Crippen LogP contribution in [-0.2, 0) is 11.3 Å². The van der Waals surface area contributed by atoms with Crippen LogP contribution in [0.2, 0.25) is 0 Å². The summed E-state index contributed by atoms with van der Waals surface area (Å²) < 4.78 is 7.44. The zero-order valence-electron chi connectivity index (χ0n) is 19.6. The number of hydrogen-bond donors (Lipinski definition) is 1. The summed E-state index contributed by atoms with van der Waals surface area (Å²) in [5.41, 5.74) is 1.92. The average Bonchev–Trinajstić information content (AvgIpc) is 3.20. The van der Waals surface area contributed by atoms with Crippen molar-refractivity contribution >= 4 is 34.5 Å². The first-order valence-corrected chi connectivity index (χ1v) is 12.5. The van der Waals surface area contributed by atoms with Gasteiger partial charge in [0, 0.05) is 24.9 Å². The maximum absolute atomic E-state index is 12.2. The molecule has 1 aliphatic heterocycles. The number of nitrogens with zero attached hydrogens (tertiary/aromatic N) is 5. The predicted octanol–water partition coefficient (Wildman–Crippen LogP) is 3.82. The Morgan fingerprint density at radius 2 is 2.03 bits per heavy atom. The molecule has 1 aliphatic rings. The van der Waals surface area contributed by atoms with E-state index in [1.807, 2.05) is 42.1 Å². The number of carbonyl (C=O) groups excluding carboxylic acids is 1. The molecule has 1 amide bonds. The SMILES string of the molecule is Cc1cccc(OCC(=O)NCCn2ncc3c(N4CCCCC4)nc(SC(C)C)nc32)c1. The minimum Gasteiger partial charge on any atom is -0.484 e. The number of piperidine rings is 1. The Morgan fingerprint density at radius 3 is 2.79 bits per heavy atom.